The van der Waals surface area contributed by atoms with Crippen LogP contribution in [-0.4, -0.2) is 37.1 Å². The van der Waals surface area contributed by atoms with Gasteiger partial charge in [-0.25, -0.2) is 0 Å². The first-order valence-electron chi connectivity index (χ1n) is 12.8. The first kappa shape index (κ1) is 24.6. The summed E-state index contributed by atoms with van der Waals surface area (Å²) in [5.41, 5.74) is 3.24. The van der Waals surface area contributed by atoms with Crippen LogP contribution >= 0.6 is 11.8 Å². The molecule has 4 nitrogen and oxygen atoms in total. The number of carbonyl (C=O) groups is 1. The van der Waals surface area contributed by atoms with Gasteiger partial charge in [-0.05, 0) is 67.6 Å². The van der Waals surface area contributed by atoms with Crippen molar-refractivity contribution in [3.8, 4) is 6.07 Å². The first-order valence-corrected chi connectivity index (χ1v) is 13.8. The predicted octanol–water partition coefficient (Wildman–Crippen LogP) is 6.09. The number of nitriles is 1. The molecule has 0 N–H and O–H groups in total. The first-order chi connectivity index (χ1) is 17.6. The van der Waals surface area contributed by atoms with Crippen molar-refractivity contribution in [2.24, 2.45) is 0 Å². The Balaban J connectivity index is 1.40. The summed E-state index contributed by atoms with van der Waals surface area (Å²) in [5.74, 6) is 0.757. The molecule has 0 unspecified atom stereocenters. The largest absolute Gasteiger partial charge is 0.465 e. The van der Waals surface area contributed by atoms with Crippen molar-refractivity contribution in [1.29, 1.82) is 5.26 Å². The molecular formula is C31H32N2O2S. The Morgan fingerprint density at radius 2 is 1.64 bits per heavy atom. The van der Waals surface area contributed by atoms with Crippen LogP contribution in [0.3, 0.4) is 0 Å². The van der Waals surface area contributed by atoms with E-state index in [0.717, 1.165) is 61.3 Å². The molecule has 2 heterocycles. The predicted molar refractivity (Wildman–Crippen MR) is 144 cm³/mol. The van der Waals surface area contributed by atoms with E-state index in [1.807, 2.05) is 55.1 Å². The minimum absolute atomic E-state index is 0.118. The van der Waals surface area contributed by atoms with E-state index in [4.69, 9.17) is 4.74 Å². The smallest absolute Gasteiger partial charge is 0.316 e. The van der Waals surface area contributed by atoms with E-state index in [-0.39, 0.29) is 5.97 Å². The second-order valence-corrected chi connectivity index (χ2v) is 10.7. The number of benzene rings is 3. The third-order valence-corrected chi connectivity index (χ3v) is 9.03. The van der Waals surface area contributed by atoms with Crippen LogP contribution in [0.5, 0.6) is 0 Å². The minimum atomic E-state index is -0.689. The third-order valence-electron chi connectivity index (χ3n) is 7.90. The Morgan fingerprint density at radius 1 is 0.972 bits per heavy atom. The van der Waals surface area contributed by atoms with Crippen LogP contribution in [-0.2, 0) is 26.1 Å². The van der Waals surface area contributed by atoms with Crippen LogP contribution < -0.4 is 0 Å². The third kappa shape index (κ3) is 4.34. The summed E-state index contributed by atoms with van der Waals surface area (Å²) >= 11 is 1.82. The van der Waals surface area contributed by atoms with E-state index in [0.29, 0.717) is 6.61 Å². The molecule has 0 aliphatic carbocycles. The van der Waals surface area contributed by atoms with E-state index in [2.05, 4.69) is 53.4 Å². The van der Waals surface area contributed by atoms with E-state index >= 15 is 0 Å². The molecule has 0 spiro atoms. The molecule has 0 aromatic heterocycles. The topological polar surface area (TPSA) is 53.3 Å². The SMILES string of the molecule is CCOC(=O)C1(c2ccccc2)CCN(CC[C@]2(C#N)c3ccccc3CSc3ccccc32)CC1. The summed E-state index contributed by atoms with van der Waals surface area (Å²) in [6, 6.07) is 29.7. The van der Waals surface area contributed by atoms with Crippen LogP contribution in [0.25, 0.3) is 0 Å². The van der Waals surface area contributed by atoms with E-state index in [1.54, 1.807) is 0 Å². The quantitative estimate of drug-likeness (QED) is 0.387. The maximum absolute atomic E-state index is 13.2. The molecule has 2 aliphatic heterocycles. The van der Waals surface area contributed by atoms with Crippen molar-refractivity contribution in [3.63, 3.8) is 0 Å². The monoisotopic (exact) mass is 496 g/mol. The second-order valence-electron chi connectivity index (χ2n) is 9.72. The van der Waals surface area contributed by atoms with Crippen molar-refractivity contribution in [3.05, 3.63) is 101 Å². The van der Waals surface area contributed by atoms with Gasteiger partial charge in [0, 0.05) is 17.2 Å². The lowest BCUT2D eigenvalue weighted by Gasteiger charge is -2.41. The van der Waals surface area contributed by atoms with Crippen LogP contribution in [0.4, 0.5) is 0 Å². The fourth-order valence-electron chi connectivity index (χ4n) is 5.88. The zero-order chi connectivity index (χ0) is 25.0. The summed E-state index contributed by atoms with van der Waals surface area (Å²) in [7, 11) is 0. The molecular weight excluding hydrogens is 464 g/mol. The molecule has 3 aromatic carbocycles. The number of hydrogen-bond acceptors (Lipinski definition) is 5. The number of rotatable bonds is 6. The average molecular weight is 497 g/mol. The molecule has 0 radical (unpaired) electrons. The van der Waals surface area contributed by atoms with Gasteiger partial charge in [0.1, 0.15) is 5.41 Å². The molecule has 0 bridgehead atoms. The Labute approximate surface area is 218 Å². The zero-order valence-electron chi connectivity index (χ0n) is 20.8. The summed E-state index contributed by atoms with van der Waals surface area (Å²) in [5, 5.41) is 10.7. The standard InChI is InChI=1S/C31H32N2O2S/c1-2-35-29(34)30(25-11-4-3-5-12-25)16-19-33(20-17-30)21-18-31(23-32)26-13-7-6-10-24(26)22-36-28-15-9-8-14-27(28)31/h3-15H,2,16-22H2,1H3/t31-/m0/s1. The van der Waals surface area contributed by atoms with Crippen LogP contribution in [0.1, 0.15) is 48.4 Å². The number of ether oxygens (including phenoxy) is 1. The van der Waals surface area contributed by atoms with Crippen molar-refractivity contribution < 1.29 is 9.53 Å². The van der Waals surface area contributed by atoms with E-state index < -0.39 is 10.8 Å². The van der Waals surface area contributed by atoms with E-state index in [1.165, 1.54) is 10.5 Å². The molecule has 5 heteroatoms. The molecule has 0 amide bonds. The fourth-order valence-corrected chi connectivity index (χ4v) is 7.01. The molecule has 0 saturated carbocycles. The zero-order valence-corrected chi connectivity index (χ0v) is 21.6. The maximum atomic E-state index is 13.2. The van der Waals surface area contributed by atoms with Crippen LogP contribution in [0.15, 0.2) is 83.8 Å². The molecule has 2 aliphatic rings. The minimum Gasteiger partial charge on any atom is -0.465 e. The number of esters is 1. The lowest BCUT2D eigenvalue weighted by Crippen LogP contribution is -2.49. The number of thioether (sulfide) groups is 1. The van der Waals surface area contributed by atoms with Crippen molar-refractivity contribution in [2.45, 2.75) is 47.7 Å². The summed E-state index contributed by atoms with van der Waals surface area (Å²) in [6.45, 7) is 4.65. The highest BCUT2D eigenvalue weighted by Crippen LogP contribution is 2.46. The molecule has 36 heavy (non-hydrogen) atoms. The van der Waals surface area contributed by atoms with Gasteiger partial charge in [0.2, 0.25) is 0 Å². The number of likely N-dealkylation sites (tertiary alicyclic amines) is 1. The molecule has 1 atom stereocenters. The van der Waals surface area contributed by atoms with Gasteiger partial charge in [0.25, 0.3) is 0 Å². The number of piperidine rings is 1. The summed E-state index contributed by atoms with van der Waals surface area (Å²) < 4.78 is 5.55. The highest BCUT2D eigenvalue weighted by molar-refractivity contribution is 7.98. The molecule has 184 valence electrons. The highest BCUT2D eigenvalue weighted by Gasteiger charge is 2.45. The Kier molecular flexibility index (Phi) is 7.18. The maximum Gasteiger partial charge on any atom is 0.316 e. The van der Waals surface area contributed by atoms with Crippen molar-refractivity contribution >= 4 is 17.7 Å². The average Bonchev–Trinajstić information content (AvgIpc) is 3.08. The number of carbonyl (C=O) groups excluding carboxylic acids is 1. The normalized spacial score (nSPS) is 20.9. The van der Waals surface area contributed by atoms with Gasteiger partial charge in [-0.15, -0.1) is 11.8 Å². The van der Waals surface area contributed by atoms with Gasteiger partial charge in [0.15, 0.2) is 0 Å². The van der Waals surface area contributed by atoms with Crippen molar-refractivity contribution in [2.75, 3.05) is 26.2 Å². The van der Waals surface area contributed by atoms with Crippen molar-refractivity contribution in [1.82, 2.24) is 4.90 Å². The summed E-state index contributed by atoms with van der Waals surface area (Å²) in [4.78, 5) is 16.8. The Bertz CT molecular complexity index is 1210. The number of nitrogens with zero attached hydrogens (tertiary/aromatic N) is 2. The Hall–Kier alpha value is -3.07. The number of fused-ring (bicyclic) bond motifs is 2. The summed E-state index contributed by atoms with van der Waals surface area (Å²) in [6.07, 6.45) is 2.16. The van der Waals surface area contributed by atoms with Gasteiger partial charge in [0.05, 0.1) is 18.1 Å². The molecule has 5 rings (SSSR count). The highest BCUT2D eigenvalue weighted by atomic mass is 32.2. The van der Waals surface area contributed by atoms with Gasteiger partial charge >= 0.3 is 5.97 Å². The van der Waals surface area contributed by atoms with Gasteiger partial charge < -0.3 is 9.64 Å². The van der Waals surface area contributed by atoms with Gasteiger partial charge in [-0.1, -0.05) is 72.8 Å². The Morgan fingerprint density at radius 3 is 2.36 bits per heavy atom. The van der Waals surface area contributed by atoms with Gasteiger partial charge in [-0.2, -0.15) is 5.26 Å². The van der Waals surface area contributed by atoms with Gasteiger partial charge in [-0.3, -0.25) is 4.79 Å². The van der Waals surface area contributed by atoms with E-state index in [9.17, 15) is 10.1 Å². The van der Waals surface area contributed by atoms with Crippen LogP contribution in [0, 0.1) is 11.3 Å². The lowest BCUT2D eigenvalue weighted by atomic mass is 9.70. The molecule has 1 saturated heterocycles. The molecule has 1 fully saturated rings. The second kappa shape index (κ2) is 10.5. The fraction of sp³-hybridized carbons (Fsp3) is 0.355. The number of hydrogen-bond donors (Lipinski definition) is 0. The lowest BCUT2D eigenvalue weighted by molar-refractivity contribution is -0.152. The van der Waals surface area contributed by atoms with Crippen LogP contribution in [0.2, 0.25) is 0 Å². The molecule has 3 aromatic rings.